The zero-order valence-electron chi connectivity index (χ0n) is 16.8. The van der Waals surface area contributed by atoms with Crippen molar-refractivity contribution in [1.29, 1.82) is 0 Å². The van der Waals surface area contributed by atoms with Gasteiger partial charge < -0.3 is 10.1 Å². The molecule has 0 spiro atoms. The average molecular weight is 452 g/mol. The second kappa shape index (κ2) is 9.96. The van der Waals surface area contributed by atoms with E-state index in [4.69, 9.17) is 4.74 Å². The number of non-ortho nitro benzene ring substituents is 2. The number of carbonyl (C=O) groups excluding carboxylic acids is 1. The Hall–Kier alpha value is -4.87. The van der Waals surface area contributed by atoms with Crippen molar-refractivity contribution in [3.05, 3.63) is 109 Å². The summed E-state index contributed by atoms with van der Waals surface area (Å²) in [4.78, 5) is 44.0. The van der Waals surface area contributed by atoms with Crippen LogP contribution in [-0.4, -0.2) is 26.8 Å². The molecule has 0 saturated heterocycles. The monoisotopic (exact) mass is 452 g/mol. The molecule has 168 valence electrons. The fourth-order valence-electron chi connectivity index (χ4n) is 2.96. The van der Waals surface area contributed by atoms with Gasteiger partial charge in [-0.1, -0.05) is 30.3 Å². The first-order valence-electron chi connectivity index (χ1n) is 9.44. The molecule has 12 heteroatoms. The number of rotatable bonds is 9. The molecule has 3 rings (SSSR count). The Morgan fingerprint density at radius 1 is 0.818 bits per heavy atom. The largest absolute Gasteiger partial charge is 0.425 e. The van der Waals surface area contributed by atoms with Crippen molar-refractivity contribution in [3.8, 4) is 5.75 Å². The van der Waals surface area contributed by atoms with Crippen molar-refractivity contribution in [2.24, 2.45) is 0 Å². The fraction of sp³-hybridized carbons (Fsp3) is 0.0952. The van der Waals surface area contributed by atoms with Crippen LogP contribution in [0.25, 0.3) is 0 Å². The summed E-state index contributed by atoms with van der Waals surface area (Å²) >= 11 is 0. The van der Waals surface area contributed by atoms with Crippen LogP contribution in [0.4, 0.5) is 22.7 Å². The molecule has 0 aliphatic rings. The minimum absolute atomic E-state index is 0.0451. The van der Waals surface area contributed by atoms with E-state index in [1.54, 1.807) is 30.3 Å². The molecule has 0 bridgehead atoms. The Morgan fingerprint density at radius 3 is 2.00 bits per heavy atom. The summed E-state index contributed by atoms with van der Waals surface area (Å²) in [6, 6.07) is 15.5. The van der Waals surface area contributed by atoms with Gasteiger partial charge in [0, 0.05) is 24.6 Å². The van der Waals surface area contributed by atoms with Crippen molar-refractivity contribution >= 4 is 28.7 Å². The molecule has 12 nitrogen and oxygen atoms in total. The lowest BCUT2D eigenvalue weighted by Gasteiger charge is -2.19. The van der Waals surface area contributed by atoms with Crippen LogP contribution in [0.3, 0.4) is 0 Å². The number of esters is 1. The Kier molecular flexibility index (Phi) is 6.88. The molecular weight excluding hydrogens is 436 g/mol. The molecule has 0 amide bonds. The highest BCUT2D eigenvalue weighted by Crippen LogP contribution is 2.30. The summed E-state index contributed by atoms with van der Waals surface area (Å²) in [7, 11) is 0. The molecule has 0 aliphatic carbocycles. The molecule has 33 heavy (non-hydrogen) atoms. The van der Waals surface area contributed by atoms with E-state index in [-0.39, 0.29) is 23.5 Å². The second-order valence-electron chi connectivity index (χ2n) is 6.77. The van der Waals surface area contributed by atoms with Crippen molar-refractivity contribution < 1.29 is 24.3 Å². The van der Waals surface area contributed by atoms with Crippen LogP contribution in [-0.2, 0) is 11.2 Å². The minimum Gasteiger partial charge on any atom is -0.425 e. The van der Waals surface area contributed by atoms with E-state index < -0.39 is 38.2 Å². The predicted molar refractivity (Wildman–Crippen MR) is 116 cm³/mol. The number of nitrogens with one attached hydrogen (secondary N) is 1. The molecular formula is C21H16N4O8. The summed E-state index contributed by atoms with van der Waals surface area (Å²) in [5.74, 6) is -0.760. The molecule has 0 heterocycles. The number of ether oxygens (including phenoxy) is 1. The zero-order valence-corrected chi connectivity index (χ0v) is 16.8. The van der Waals surface area contributed by atoms with Crippen LogP contribution in [0.15, 0.2) is 72.8 Å². The molecule has 3 aromatic rings. The molecule has 0 fully saturated rings. The first-order chi connectivity index (χ1) is 15.7. The van der Waals surface area contributed by atoms with Gasteiger partial charge in [-0.3, -0.25) is 30.3 Å². The molecule has 3 aromatic carbocycles. The maximum atomic E-state index is 12.9. The summed E-state index contributed by atoms with van der Waals surface area (Å²) < 4.78 is 5.32. The molecule has 1 N–H and O–H groups in total. The second-order valence-corrected chi connectivity index (χ2v) is 6.77. The van der Waals surface area contributed by atoms with E-state index in [9.17, 15) is 35.1 Å². The predicted octanol–water partition coefficient (Wildman–Crippen LogP) is 4.04. The summed E-state index contributed by atoms with van der Waals surface area (Å²) in [6.45, 7) is 0. The van der Waals surface area contributed by atoms with E-state index in [0.29, 0.717) is 0 Å². The first kappa shape index (κ1) is 22.8. The van der Waals surface area contributed by atoms with E-state index in [0.717, 1.165) is 23.8 Å². The Bertz CT molecular complexity index is 1200. The molecule has 0 saturated carbocycles. The summed E-state index contributed by atoms with van der Waals surface area (Å²) in [6.07, 6.45) is 0.0841. The normalized spacial score (nSPS) is 11.3. The third kappa shape index (κ3) is 5.85. The first-order valence-corrected chi connectivity index (χ1v) is 9.44. The van der Waals surface area contributed by atoms with Gasteiger partial charge in [-0.15, -0.1) is 0 Å². The lowest BCUT2D eigenvalue weighted by atomic mass is 10.1. The van der Waals surface area contributed by atoms with Crippen molar-refractivity contribution in [3.63, 3.8) is 0 Å². The van der Waals surface area contributed by atoms with Gasteiger partial charge in [0.2, 0.25) is 0 Å². The minimum atomic E-state index is -1.11. The van der Waals surface area contributed by atoms with Gasteiger partial charge in [-0.05, 0) is 23.8 Å². The van der Waals surface area contributed by atoms with Crippen LogP contribution < -0.4 is 10.1 Å². The number of nitro groups is 3. The van der Waals surface area contributed by atoms with Crippen LogP contribution in [0.1, 0.15) is 5.56 Å². The van der Waals surface area contributed by atoms with Gasteiger partial charge in [-0.2, -0.15) is 0 Å². The van der Waals surface area contributed by atoms with Gasteiger partial charge in [-0.25, -0.2) is 4.79 Å². The molecule has 0 aromatic heterocycles. The topological polar surface area (TPSA) is 168 Å². The Labute approximate surface area is 185 Å². The zero-order chi connectivity index (χ0) is 24.0. The van der Waals surface area contributed by atoms with Crippen molar-refractivity contribution in [1.82, 2.24) is 0 Å². The number of benzene rings is 3. The van der Waals surface area contributed by atoms with Crippen molar-refractivity contribution in [2.45, 2.75) is 12.5 Å². The van der Waals surface area contributed by atoms with Gasteiger partial charge in [0.1, 0.15) is 17.5 Å². The molecule has 0 radical (unpaired) electrons. The third-order valence-corrected chi connectivity index (χ3v) is 4.55. The van der Waals surface area contributed by atoms with Crippen LogP contribution in [0.5, 0.6) is 5.75 Å². The third-order valence-electron chi connectivity index (χ3n) is 4.55. The molecule has 0 aliphatic heterocycles. The van der Waals surface area contributed by atoms with E-state index in [2.05, 4.69) is 5.32 Å². The lowest BCUT2D eigenvalue weighted by molar-refractivity contribution is -0.393. The smallest absolute Gasteiger partial charge is 0.334 e. The van der Waals surface area contributed by atoms with Gasteiger partial charge >= 0.3 is 5.97 Å². The average Bonchev–Trinajstić information content (AvgIpc) is 2.79. The highest BCUT2D eigenvalue weighted by Gasteiger charge is 2.26. The summed E-state index contributed by atoms with van der Waals surface area (Å²) in [5.41, 5.74) is -0.617. The number of carbonyl (C=O) groups is 1. The van der Waals surface area contributed by atoms with E-state index >= 15 is 0 Å². The maximum Gasteiger partial charge on any atom is 0.334 e. The fourth-order valence-corrected chi connectivity index (χ4v) is 2.96. The van der Waals surface area contributed by atoms with Crippen LogP contribution >= 0.6 is 0 Å². The number of nitro benzene ring substituents is 3. The highest BCUT2D eigenvalue weighted by atomic mass is 16.6. The molecule has 1 atom stereocenters. The Morgan fingerprint density at radius 2 is 1.42 bits per heavy atom. The quantitative estimate of drug-likeness (QED) is 0.218. The van der Waals surface area contributed by atoms with Gasteiger partial charge in [0.05, 0.1) is 20.8 Å². The standard InChI is InChI=1S/C21H16N4O8/c26-21(33-17-9-6-15(7-10-17)23(27)28)19(12-14-4-2-1-3-5-14)22-18-11-8-16(24(29)30)13-20(18)25(31)32/h1-11,13,19,22H,12H2/t19-/m0/s1. The highest BCUT2D eigenvalue weighted by molar-refractivity contribution is 5.83. The lowest BCUT2D eigenvalue weighted by Crippen LogP contribution is -2.35. The number of hydrogen-bond acceptors (Lipinski definition) is 9. The number of nitrogens with zero attached hydrogens (tertiary/aromatic N) is 3. The van der Waals surface area contributed by atoms with E-state index in [1.165, 1.54) is 24.3 Å². The van der Waals surface area contributed by atoms with Crippen LogP contribution in [0.2, 0.25) is 0 Å². The SMILES string of the molecule is O=C(Oc1ccc([N+](=O)[O-])cc1)[C@H](Cc1ccccc1)Nc1ccc([N+](=O)[O-])cc1[N+](=O)[O-]. The van der Waals surface area contributed by atoms with Gasteiger partial charge in [0.15, 0.2) is 0 Å². The van der Waals surface area contributed by atoms with Gasteiger partial charge in [0.25, 0.3) is 17.1 Å². The van der Waals surface area contributed by atoms with Crippen LogP contribution in [0, 0.1) is 30.3 Å². The Balaban J connectivity index is 1.89. The maximum absolute atomic E-state index is 12.9. The van der Waals surface area contributed by atoms with E-state index in [1.807, 2.05) is 0 Å². The molecule has 0 unspecified atom stereocenters. The summed E-state index contributed by atoms with van der Waals surface area (Å²) in [5, 5.41) is 36.0. The number of anilines is 1. The number of hydrogen-bond donors (Lipinski definition) is 1. The van der Waals surface area contributed by atoms with Crippen molar-refractivity contribution in [2.75, 3.05) is 5.32 Å².